The number of nitrogens with one attached hydrogen (secondary N) is 2. The van der Waals surface area contributed by atoms with Crippen molar-refractivity contribution in [3.63, 3.8) is 0 Å². The quantitative estimate of drug-likeness (QED) is 0.907. The van der Waals surface area contributed by atoms with Gasteiger partial charge in [0.25, 0.3) is 0 Å². The van der Waals surface area contributed by atoms with Crippen LogP contribution in [0.4, 0.5) is 4.79 Å². The summed E-state index contributed by atoms with van der Waals surface area (Å²) < 4.78 is 11.5. The summed E-state index contributed by atoms with van der Waals surface area (Å²) in [7, 11) is 0. The number of carbonyl (C=O) groups is 1. The lowest BCUT2D eigenvalue weighted by Crippen LogP contribution is -2.45. The molecule has 2 N–H and O–H groups in total. The average Bonchev–Trinajstić information content (AvgIpc) is 2.60. The largest absolute Gasteiger partial charge is 0.486 e. The van der Waals surface area contributed by atoms with Gasteiger partial charge in [-0.05, 0) is 37.1 Å². The molecule has 5 nitrogen and oxygen atoms in total. The van der Waals surface area contributed by atoms with Crippen molar-refractivity contribution in [1.82, 2.24) is 10.6 Å². The summed E-state index contributed by atoms with van der Waals surface area (Å²) in [6, 6.07) is 15.3. The van der Waals surface area contributed by atoms with Crippen molar-refractivity contribution in [2.75, 3.05) is 13.2 Å². The molecule has 0 saturated heterocycles. The van der Waals surface area contributed by atoms with Gasteiger partial charge in [-0.1, -0.05) is 36.4 Å². The van der Waals surface area contributed by atoms with E-state index in [0.717, 1.165) is 16.9 Å². The van der Waals surface area contributed by atoms with Gasteiger partial charge in [-0.15, -0.1) is 0 Å². The van der Waals surface area contributed by atoms with Crippen LogP contribution in [0.15, 0.2) is 48.5 Å². The molecule has 0 fully saturated rings. The molecule has 1 aliphatic rings. The van der Waals surface area contributed by atoms with Crippen LogP contribution in [0, 0.1) is 6.92 Å². The number of urea groups is 1. The van der Waals surface area contributed by atoms with Gasteiger partial charge in [0, 0.05) is 0 Å². The Kier molecular flexibility index (Phi) is 4.89. The van der Waals surface area contributed by atoms with E-state index >= 15 is 0 Å². The van der Waals surface area contributed by atoms with E-state index in [4.69, 9.17) is 9.47 Å². The standard InChI is InChI=1S/C19H22N2O3/c1-13-7-3-4-8-16(13)14(2)21-19(22)20-11-15-12-23-17-9-5-6-10-18(17)24-15/h3-10,14-15H,11-12H2,1-2H3,(H2,20,21,22)/t14-,15-/m0/s1. The summed E-state index contributed by atoms with van der Waals surface area (Å²) in [4.78, 5) is 12.1. The molecule has 0 saturated carbocycles. The highest BCUT2D eigenvalue weighted by molar-refractivity contribution is 5.74. The fourth-order valence-electron chi connectivity index (χ4n) is 2.77. The molecule has 3 rings (SSSR count). The Hall–Kier alpha value is -2.69. The van der Waals surface area contributed by atoms with Gasteiger partial charge in [0.15, 0.2) is 17.6 Å². The van der Waals surface area contributed by atoms with E-state index in [-0.39, 0.29) is 18.2 Å². The van der Waals surface area contributed by atoms with Gasteiger partial charge in [-0.25, -0.2) is 4.79 Å². The molecule has 2 amide bonds. The van der Waals surface area contributed by atoms with Crippen LogP contribution < -0.4 is 20.1 Å². The lowest BCUT2D eigenvalue weighted by atomic mass is 10.0. The van der Waals surface area contributed by atoms with Gasteiger partial charge >= 0.3 is 6.03 Å². The monoisotopic (exact) mass is 326 g/mol. The molecule has 0 radical (unpaired) electrons. The number of carbonyl (C=O) groups excluding carboxylic acids is 1. The molecule has 2 atom stereocenters. The van der Waals surface area contributed by atoms with E-state index in [9.17, 15) is 4.79 Å². The third kappa shape index (κ3) is 3.79. The number of benzene rings is 2. The SMILES string of the molecule is Cc1ccccc1[C@H](C)NC(=O)NC[C@H]1COc2ccccc2O1. The topological polar surface area (TPSA) is 59.6 Å². The first-order chi connectivity index (χ1) is 11.6. The molecule has 0 unspecified atom stereocenters. The minimum absolute atomic E-state index is 0.0598. The fraction of sp³-hybridized carbons (Fsp3) is 0.316. The predicted molar refractivity (Wildman–Crippen MR) is 92.5 cm³/mol. The van der Waals surface area contributed by atoms with Crippen LogP contribution in [-0.2, 0) is 0 Å². The van der Waals surface area contributed by atoms with Crippen LogP contribution in [-0.4, -0.2) is 25.3 Å². The molecular weight excluding hydrogens is 304 g/mol. The Balaban J connectivity index is 1.49. The maximum atomic E-state index is 12.1. The highest BCUT2D eigenvalue weighted by Gasteiger charge is 2.21. The zero-order valence-corrected chi connectivity index (χ0v) is 13.9. The Labute approximate surface area is 142 Å². The second kappa shape index (κ2) is 7.25. The van der Waals surface area contributed by atoms with E-state index in [1.165, 1.54) is 0 Å². The molecule has 1 heterocycles. The number of aryl methyl sites for hydroxylation is 1. The molecule has 126 valence electrons. The van der Waals surface area contributed by atoms with Crippen molar-refractivity contribution in [2.45, 2.75) is 26.0 Å². The van der Waals surface area contributed by atoms with E-state index in [1.807, 2.05) is 62.4 Å². The highest BCUT2D eigenvalue weighted by atomic mass is 16.6. The second-order valence-corrected chi connectivity index (χ2v) is 5.93. The first-order valence-corrected chi connectivity index (χ1v) is 8.12. The van der Waals surface area contributed by atoms with Crippen LogP contribution >= 0.6 is 0 Å². The van der Waals surface area contributed by atoms with E-state index in [0.29, 0.717) is 18.9 Å². The van der Waals surface area contributed by atoms with E-state index in [2.05, 4.69) is 10.6 Å². The third-order valence-corrected chi connectivity index (χ3v) is 4.06. The lowest BCUT2D eigenvalue weighted by Gasteiger charge is -2.26. The molecule has 2 aromatic carbocycles. The molecule has 2 aromatic rings. The van der Waals surface area contributed by atoms with Gasteiger partial charge < -0.3 is 20.1 Å². The van der Waals surface area contributed by atoms with Crippen molar-refractivity contribution >= 4 is 6.03 Å². The number of hydrogen-bond donors (Lipinski definition) is 2. The molecule has 0 aromatic heterocycles. The summed E-state index contributed by atoms with van der Waals surface area (Å²) in [5.41, 5.74) is 2.27. The molecule has 0 aliphatic carbocycles. The summed E-state index contributed by atoms with van der Waals surface area (Å²) >= 11 is 0. The van der Waals surface area contributed by atoms with Gasteiger partial charge in [0.2, 0.25) is 0 Å². The highest BCUT2D eigenvalue weighted by Crippen LogP contribution is 2.30. The minimum atomic E-state index is -0.215. The lowest BCUT2D eigenvalue weighted by molar-refractivity contribution is 0.0917. The maximum Gasteiger partial charge on any atom is 0.315 e. The van der Waals surface area contributed by atoms with Crippen molar-refractivity contribution in [1.29, 1.82) is 0 Å². The van der Waals surface area contributed by atoms with Gasteiger partial charge in [-0.3, -0.25) is 0 Å². The fourth-order valence-corrected chi connectivity index (χ4v) is 2.77. The molecule has 24 heavy (non-hydrogen) atoms. The summed E-state index contributed by atoms with van der Waals surface area (Å²) in [6.45, 7) is 4.82. The van der Waals surface area contributed by atoms with Crippen molar-refractivity contribution in [3.05, 3.63) is 59.7 Å². The molecule has 1 aliphatic heterocycles. The Morgan fingerprint density at radius 1 is 1.17 bits per heavy atom. The number of para-hydroxylation sites is 2. The van der Waals surface area contributed by atoms with E-state index in [1.54, 1.807) is 0 Å². The van der Waals surface area contributed by atoms with Gasteiger partial charge in [-0.2, -0.15) is 0 Å². The zero-order valence-electron chi connectivity index (χ0n) is 13.9. The van der Waals surface area contributed by atoms with Crippen LogP contribution in [0.25, 0.3) is 0 Å². The number of amides is 2. The first kappa shape index (κ1) is 16.2. The second-order valence-electron chi connectivity index (χ2n) is 5.93. The van der Waals surface area contributed by atoms with Crippen LogP contribution in [0.5, 0.6) is 11.5 Å². The minimum Gasteiger partial charge on any atom is -0.486 e. The Morgan fingerprint density at radius 2 is 1.88 bits per heavy atom. The normalized spacial score (nSPS) is 17.0. The van der Waals surface area contributed by atoms with Crippen LogP contribution in [0.2, 0.25) is 0 Å². The van der Waals surface area contributed by atoms with Gasteiger partial charge in [0.1, 0.15) is 6.61 Å². The van der Waals surface area contributed by atoms with Crippen molar-refractivity contribution in [3.8, 4) is 11.5 Å². The van der Waals surface area contributed by atoms with Gasteiger partial charge in [0.05, 0.1) is 12.6 Å². The van der Waals surface area contributed by atoms with Crippen molar-refractivity contribution < 1.29 is 14.3 Å². The third-order valence-electron chi connectivity index (χ3n) is 4.06. The van der Waals surface area contributed by atoms with Crippen LogP contribution in [0.3, 0.4) is 0 Å². The molecule has 0 bridgehead atoms. The number of hydrogen-bond acceptors (Lipinski definition) is 3. The van der Waals surface area contributed by atoms with Crippen molar-refractivity contribution in [2.24, 2.45) is 0 Å². The molecule has 5 heteroatoms. The number of fused-ring (bicyclic) bond motifs is 1. The number of rotatable bonds is 4. The number of ether oxygens (including phenoxy) is 2. The summed E-state index contributed by atoms with van der Waals surface area (Å²) in [5, 5.41) is 5.80. The first-order valence-electron chi connectivity index (χ1n) is 8.12. The average molecular weight is 326 g/mol. The maximum absolute atomic E-state index is 12.1. The smallest absolute Gasteiger partial charge is 0.315 e. The molecular formula is C19H22N2O3. The summed E-state index contributed by atoms with van der Waals surface area (Å²) in [5.74, 6) is 1.45. The predicted octanol–water partition coefficient (Wildman–Crippen LogP) is 3.20. The molecule has 0 spiro atoms. The zero-order chi connectivity index (χ0) is 16.9. The van der Waals surface area contributed by atoms with E-state index < -0.39 is 0 Å². The Bertz CT molecular complexity index is 717. The summed E-state index contributed by atoms with van der Waals surface area (Å²) in [6.07, 6.45) is -0.195. The van der Waals surface area contributed by atoms with Crippen LogP contribution in [0.1, 0.15) is 24.1 Å². The Morgan fingerprint density at radius 3 is 2.67 bits per heavy atom.